The Balaban J connectivity index is 1.16. The van der Waals surface area contributed by atoms with E-state index < -0.39 is 7.60 Å². The van der Waals surface area contributed by atoms with E-state index >= 15 is 0 Å². The van der Waals surface area contributed by atoms with Crippen molar-refractivity contribution in [1.29, 1.82) is 0 Å². The van der Waals surface area contributed by atoms with Crippen LogP contribution in [-0.4, -0.2) is 62.6 Å². The van der Waals surface area contributed by atoms with Crippen LogP contribution in [0.3, 0.4) is 0 Å². The minimum absolute atomic E-state index is 0.189. The molecule has 2 aliphatic heterocycles. The zero-order valence-corrected chi connectivity index (χ0v) is 19.4. The van der Waals surface area contributed by atoms with Crippen molar-refractivity contribution >= 4 is 18.9 Å². The van der Waals surface area contributed by atoms with Crippen LogP contribution in [0.2, 0.25) is 0 Å². The van der Waals surface area contributed by atoms with E-state index in [2.05, 4.69) is 17.0 Å². The number of fused-ring (bicyclic) bond motifs is 1. The van der Waals surface area contributed by atoms with Crippen LogP contribution in [0, 0.1) is 0 Å². The van der Waals surface area contributed by atoms with Gasteiger partial charge in [-0.25, -0.2) is 4.98 Å². The van der Waals surface area contributed by atoms with Gasteiger partial charge in [0.05, 0.1) is 5.69 Å². The van der Waals surface area contributed by atoms with Crippen LogP contribution in [0.4, 0.5) is 0 Å². The quantitative estimate of drug-likeness (QED) is 0.632. The van der Waals surface area contributed by atoms with E-state index in [4.69, 9.17) is 9.72 Å². The van der Waals surface area contributed by atoms with Gasteiger partial charge in [-0.2, -0.15) is 0 Å². The number of thiazole rings is 1. The number of benzene rings is 1. The van der Waals surface area contributed by atoms with Gasteiger partial charge in [-0.3, -0.25) is 9.46 Å². The van der Waals surface area contributed by atoms with Gasteiger partial charge in [-0.05, 0) is 50.2 Å². The van der Waals surface area contributed by atoms with E-state index in [0.29, 0.717) is 25.2 Å². The van der Waals surface area contributed by atoms with Gasteiger partial charge < -0.3 is 19.4 Å². The highest BCUT2D eigenvalue weighted by atomic mass is 32.1. The minimum atomic E-state index is -4.03. The third-order valence-corrected chi connectivity index (χ3v) is 8.48. The predicted octanol–water partition coefficient (Wildman–Crippen LogP) is 3.70. The molecule has 1 aromatic heterocycles. The molecule has 1 aliphatic carbocycles. The lowest BCUT2D eigenvalue weighted by Crippen LogP contribution is -2.50. The number of hydrogen-bond donors (Lipinski definition) is 2. The molecule has 1 saturated carbocycles. The van der Waals surface area contributed by atoms with Gasteiger partial charge in [0, 0.05) is 48.8 Å². The molecule has 31 heavy (non-hydrogen) atoms. The third-order valence-electron chi connectivity index (χ3n) is 6.58. The summed E-state index contributed by atoms with van der Waals surface area (Å²) in [6.07, 6.45) is 7.18. The second kappa shape index (κ2) is 8.93. The molecule has 1 saturated heterocycles. The van der Waals surface area contributed by atoms with Gasteiger partial charge in [0.25, 0.3) is 0 Å². The van der Waals surface area contributed by atoms with Crippen LogP contribution in [-0.2, 0) is 17.5 Å². The Bertz CT molecular complexity index is 948. The number of rotatable bonds is 6. The molecule has 3 heterocycles. The zero-order valence-electron chi connectivity index (χ0n) is 17.7. The largest absolute Gasteiger partial charge is 0.490 e. The summed E-state index contributed by atoms with van der Waals surface area (Å²) in [7, 11) is -4.03. The van der Waals surface area contributed by atoms with Crippen LogP contribution in [0.1, 0.15) is 42.7 Å². The zero-order chi connectivity index (χ0) is 21.4. The fourth-order valence-electron chi connectivity index (χ4n) is 4.84. The topological polar surface area (TPSA) is 86.1 Å². The van der Waals surface area contributed by atoms with Crippen LogP contribution in [0.15, 0.2) is 24.3 Å². The SMILES string of the molecule is O=P(O)(O)CN1CCc2nc(-c3ccc(OC4CC(N5CCCCC5)C4)cc3)sc2C1. The Kier molecular flexibility index (Phi) is 6.21. The lowest BCUT2D eigenvalue weighted by atomic mass is 9.86. The summed E-state index contributed by atoms with van der Waals surface area (Å²) < 4.78 is 17.5. The number of piperidine rings is 1. The molecule has 0 unspecified atom stereocenters. The van der Waals surface area contributed by atoms with E-state index in [0.717, 1.165) is 46.2 Å². The van der Waals surface area contributed by atoms with Crippen molar-refractivity contribution in [3.8, 4) is 16.3 Å². The molecule has 5 rings (SSSR count). The Hall–Kier alpha value is -1.28. The Labute approximate surface area is 187 Å². The van der Waals surface area contributed by atoms with E-state index in [1.54, 1.807) is 11.3 Å². The van der Waals surface area contributed by atoms with E-state index in [1.165, 1.54) is 32.4 Å². The number of likely N-dealkylation sites (tertiary alicyclic amines) is 1. The minimum Gasteiger partial charge on any atom is -0.490 e. The molecule has 1 aromatic carbocycles. The second-order valence-corrected chi connectivity index (χ2v) is 11.7. The standard InChI is InChI=1S/C22H30N3O4PS/c26-30(27,28)15-24-11-8-20-21(14-24)31-22(23-20)16-4-6-18(7-5-16)29-19-12-17(13-19)25-9-2-1-3-10-25/h4-7,17,19H,1-3,8-15H2,(H2,26,27,28). The van der Waals surface area contributed by atoms with Crippen molar-refractivity contribution < 1.29 is 19.1 Å². The molecule has 7 nitrogen and oxygen atoms in total. The Morgan fingerprint density at radius 1 is 1.10 bits per heavy atom. The number of nitrogens with zero attached hydrogens (tertiary/aromatic N) is 3. The van der Waals surface area contributed by atoms with E-state index in [1.807, 2.05) is 17.0 Å². The van der Waals surface area contributed by atoms with Gasteiger partial charge in [0.2, 0.25) is 0 Å². The first-order valence-electron chi connectivity index (χ1n) is 11.2. The second-order valence-electron chi connectivity index (χ2n) is 8.98. The maximum absolute atomic E-state index is 11.3. The van der Waals surface area contributed by atoms with Crippen molar-refractivity contribution in [2.24, 2.45) is 0 Å². The summed E-state index contributed by atoms with van der Waals surface area (Å²) in [5.41, 5.74) is 2.12. The lowest BCUT2D eigenvalue weighted by Gasteiger charge is -2.44. The van der Waals surface area contributed by atoms with Gasteiger partial charge in [0.15, 0.2) is 0 Å². The molecule has 168 valence electrons. The van der Waals surface area contributed by atoms with Crippen molar-refractivity contribution in [1.82, 2.24) is 14.8 Å². The normalized spacial score (nSPS) is 25.1. The molecule has 2 aromatic rings. The first-order chi connectivity index (χ1) is 14.9. The highest BCUT2D eigenvalue weighted by Gasteiger charge is 2.35. The van der Waals surface area contributed by atoms with Gasteiger partial charge in [0.1, 0.15) is 23.1 Å². The summed E-state index contributed by atoms with van der Waals surface area (Å²) in [4.78, 5) is 28.8. The summed E-state index contributed by atoms with van der Waals surface area (Å²) in [6, 6.07) is 8.90. The monoisotopic (exact) mass is 463 g/mol. The molecule has 9 heteroatoms. The molecule has 2 N–H and O–H groups in total. The average Bonchev–Trinajstić information content (AvgIpc) is 3.13. The summed E-state index contributed by atoms with van der Waals surface area (Å²) in [5, 5.41) is 0.961. The molecule has 0 bridgehead atoms. The Morgan fingerprint density at radius 2 is 1.84 bits per heavy atom. The van der Waals surface area contributed by atoms with Crippen molar-refractivity contribution in [3.63, 3.8) is 0 Å². The molecular formula is C22H30N3O4PS. The molecule has 0 atom stereocenters. The third kappa shape index (κ3) is 5.21. The average molecular weight is 464 g/mol. The highest BCUT2D eigenvalue weighted by Crippen LogP contribution is 2.39. The first-order valence-corrected chi connectivity index (χ1v) is 13.8. The fraction of sp³-hybridized carbons (Fsp3) is 0.591. The number of hydrogen-bond acceptors (Lipinski definition) is 6. The smallest absolute Gasteiger partial charge is 0.339 e. The van der Waals surface area contributed by atoms with Crippen molar-refractivity contribution in [2.45, 2.75) is 57.2 Å². The van der Waals surface area contributed by atoms with Crippen LogP contribution in [0.25, 0.3) is 10.6 Å². The first kappa shape index (κ1) is 21.6. The molecule has 0 amide bonds. The number of aromatic nitrogens is 1. The Morgan fingerprint density at radius 3 is 2.55 bits per heavy atom. The van der Waals surface area contributed by atoms with E-state index in [9.17, 15) is 14.4 Å². The number of ether oxygens (including phenoxy) is 1. The molecular weight excluding hydrogens is 433 g/mol. The lowest BCUT2D eigenvalue weighted by molar-refractivity contribution is 0.00893. The van der Waals surface area contributed by atoms with Crippen molar-refractivity contribution in [3.05, 3.63) is 34.8 Å². The predicted molar refractivity (Wildman–Crippen MR) is 121 cm³/mol. The molecule has 0 spiro atoms. The fourth-order valence-corrected chi connectivity index (χ4v) is 6.76. The van der Waals surface area contributed by atoms with Crippen LogP contribution >= 0.6 is 18.9 Å². The van der Waals surface area contributed by atoms with E-state index in [-0.39, 0.29) is 6.29 Å². The molecule has 0 radical (unpaired) electrons. The maximum Gasteiger partial charge on any atom is 0.339 e. The molecule has 3 aliphatic rings. The highest BCUT2D eigenvalue weighted by molar-refractivity contribution is 7.51. The van der Waals surface area contributed by atoms with Gasteiger partial charge >= 0.3 is 7.60 Å². The van der Waals surface area contributed by atoms with Crippen LogP contribution < -0.4 is 4.74 Å². The van der Waals surface area contributed by atoms with Gasteiger partial charge in [-0.1, -0.05) is 6.42 Å². The van der Waals surface area contributed by atoms with Crippen molar-refractivity contribution in [2.75, 3.05) is 25.9 Å². The summed E-state index contributed by atoms with van der Waals surface area (Å²) >= 11 is 1.62. The molecule has 2 fully saturated rings. The summed E-state index contributed by atoms with van der Waals surface area (Å²) in [6.45, 7) is 3.69. The van der Waals surface area contributed by atoms with Crippen LogP contribution in [0.5, 0.6) is 5.75 Å². The van der Waals surface area contributed by atoms with Gasteiger partial charge in [-0.15, -0.1) is 11.3 Å². The maximum atomic E-state index is 11.3. The summed E-state index contributed by atoms with van der Waals surface area (Å²) in [5.74, 6) is 0.917.